The van der Waals surface area contributed by atoms with Crippen LogP contribution >= 0.6 is 0 Å². The number of rotatable bonds is 36. The first kappa shape index (κ1) is 65.1. The van der Waals surface area contributed by atoms with E-state index in [1.165, 1.54) is 24.4 Å². The molecule has 8 amide bonds. The van der Waals surface area contributed by atoms with Crippen LogP contribution in [-0.2, 0) is 60.8 Å². The van der Waals surface area contributed by atoms with Gasteiger partial charge < -0.3 is 71.0 Å². The third-order valence-electron chi connectivity index (χ3n) is 13.0. The third kappa shape index (κ3) is 21.2. The Bertz CT molecular complexity index is 3310. The minimum absolute atomic E-state index is 0.0425. The van der Waals surface area contributed by atoms with Gasteiger partial charge in [-0.25, -0.2) is 28.9 Å². The number of nitrogens with one attached hydrogen (secondary N) is 7. The van der Waals surface area contributed by atoms with Crippen molar-refractivity contribution in [3.05, 3.63) is 126 Å². The van der Waals surface area contributed by atoms with Crippen molar-refractivity contribution in [2.24, 2.45) is 11.7 Å². The zero-order valence-electron chi connectivity index (χ0n) is 48.6. The van der Waals surface area contributed by atoms with Crippen LogP contribution in [0.3, 0.4) is 0 Å². The summed E-state index contributed by atoms with van der Waals surface area (Å²) in [6, 6.07) is 21.4. The number of fused-ring (bicyclic) bond motifs is 1. The Labute approximate surface area is 501 Å². The number of nitrogens with two attached hydrogens (primary N) is 1. The summed E-state index contributed by atoms with van der Waals surface area (Å²) < 4.78 is 47.5. The fraction of sp³-hybridized carbons (Fsp3) is 0.383. The summed E-state index contributed by atoms with van der Waals surface area (Å²) in [5.74, 6) is -2.25. The first-order chi connectivity index (χ1) is 42.1. The molecule has 2 atom stereocenters. The van der Waals surface area contributed by atoms with Crippen molar-refractivity contribution in [2.75, 3.05) is 89.7 Å². The number of urea groups is 1. The number of carbonyl (C=O) groups is 7. The summed E-state index contributed by atoms with van der Waals surface area (Å²) in [5.41, 5.74) is 11.2. The molecule has 1 aliphatic rings. The number of aryl methyl sites for hydroxylation is 1. The molecule has 1 aliphatic heterocycles. The number of aromatic nitrogens is 5. The fourth-order valence-corrected chi connectivity index (χ4v) is 8.56. The second kappa shape index (κ2) is 33.9. The Morgan fingerprint density at radius 1 is 0.736 bits per heavy atom. The molecule has 6 aromatic rings. The predicted molar refractivity (Wildman–Crippen MR) is 317 cm³/mol. The molecule has 26 nitrogen and oxygen atoms in total. The van der Waals surface area contributed by atoms with E-state index in [0.717, 1.165) is 16.2 Å². The van der Waals surface area contributed by atoms with Crippen molar-refractivity contribution in [1.29, 1.82) is 0 Å². The number of anilines is 2. The number of carbonyl (C=O) groups excluding carboxylic acids is 7. The van der Waals surface area contributed by atoms with Gasteiger partial charge in [0.05, 0.1) is 107 Å². The van der Waals surface area contributed by atoms with E-state index in [1.54, 1.807) is 56.3 Å². The monoisotopic (exact) mass is 1200 g/mol. The minimum atomic E-state index is -1.07. The maximum absolute atomic E-state index is 14.4. The summed E-state index contributed by atoms with van der Waals surface area (Å²) >= 11 is 0. The van der Waals surface area contributed by atoms with Gasteiger partial charge >= 0.3 is 12.1 Å². The number of ether oxygens (including phenoxy) is 6. The molecule has 0 saturated heterocycles. The van der Waals surface area contributed by atoms with Gasteiger partial charge in [0.25, 0.3) is 11.8 Å². The van der Waals surface area contributed by atoms with Crippen LogP contribution in [0.4, 0.5) is 25.4 Å². The average molecular weight is 1200 g/mol. The van der Waals surface area contributed by atoms with Gasteiger partial charge in [-0.05, 0) is 79.8 Å². The first-order valence-corrected chi connectivity index (χ1v) is 28.3. The van der Waals surface area contributed by atoms with Gasteiger partial charge in [0, 0.05) is 42.1 Å². The number of para-hydroxylation sites is 1. The largest absolute Gasteiger partial charge is 0.475 e. The van der Waals surface area contributed by atoms with Gasteiger partial charge in [-0.15, -0.1) is 0 Å². The van der Waals surface area contributed by atoms with Gasteiger partial charge in [0.2, 0.25) is 23.6 Å². The maximum Gasteiger partial charge on any atom is 0.407 e. The van der Waals surface area contributed by atoms with Crippen LogP contribution in [-0.4, -0.2) is 163 Å². The lowest BCUT2D eigenvalue weighted by molar-refractivity contribution is -0.137. The van der Waals surface area contributed by atoms with E-state index in [1.807, 2.05) is 43.3 Å². The number of alkyl carbamates (subject to hydrolysis) is 1. The van der Waals surface area contributed by atoms with E-state index in [4.69, 9.17) is 44.1 Å². The van der Waals surface area contributed by atoms with Crippen molar-refractivity contribution < 1.29 is 66.4 Å². The lowest BCUT2D eigenvalue weighted by Crippen LogP contribution is -2.54. The van der Waals surface area contributed by atoms with Crippen LogP contribution in [0.5, 0.6) is 5.88 Å². The molecule has 3 aromatic heterocycles. The molecule has 0 saturated carbocycles. The molecule has 0 spiro atoms. The second-order valence-electron chi connectivity index (χ2n) is 20.0. The number of nitrogens with zero attached hydrogens (tertiary/aromatic N) is 5. The number of amides is 8. The predicted octanol–water partition coefficient (Wildman–Crippen LogP) is 4.84. The van der Waals surface area contributed by atoms with Crippen molar-refractivity contribution in [1.82, 2.24) is 51.1 Å². The number of imide groups is 1. The summed E-state index contributed by atoms with van der Waals surface area (Å²) in [7, 11) is 0. The molecule has 27 heteroatoms. The lowest BCUT2D eigenvalue weighted by Gasteiger charge is -2.25. The highest BCUT2D eigenvalue weighted by atomic mass is 19.1. The van der Waals surface area contributed by atoms with Gasteiger partial charge in [0.1, 0.15) is 42.6 Å². The van der Waals surface area contributed by atoms with E-state index in [9.17, 15) is 38.0 Å². The molecule has 0 aliphatic carbocycles. The standard InChI is InChI=1S/C60H72FN13O13/c1-38(2)54(73-50(75)21-25-82-28-30-84-32-33-85-31-29-83-27-24-74-52(76)19-20-53(74)77)58(79)70-47(12-7-22-63-59(62)80)57(78)68-42-16-13-40(14-17-42)37-87-60(81)64-23-26-86-51-36-66-45-18-15-41(34-48(45)69-51)55-56(46-11-6-8-39(3)67-46)72-49(71-55)35-65-44-10-5-4-9-43(44)61/h4-6,8-11,13-20,34,36,38,47,54,65H,7,12,21-33,35,37H2,1-3H3,(H,64,81)(H,68,78)(H,70,79)(H,71,72)(H,73,75)(H3,62,63,80). The van der Waals surface area contributed by atoms with Gasteiger partial charge in [-0.3, -0.25) is 33.9 Å². The molecular formula is C60H72FN13O13. The second-order valence-corrected chi connectivity index (χ2v) is 20.0. The molecule has 462 valence electrons. The molecule has 7 rings (SSSR count). The van der Waals surface area contributed by atoms with E-state index >= 15 is 0 Å². The molecule has 2 unspecified atom stereocenters. The zero-order valence-corrected chi connectivity index (χ0v) is 48.6. The van der Waals surface area contributed by atoms with Crippen molar-refractivity contribution in [2.45, 2.75) is 65.3 Å². The highest BCUT2D eigenvalue weighted by molar-refractivity contribution is 6.12. The number of hydrogen-bond acceptors (Lipinski definition) is 18. The van der Waals surface area contributed by atoms with Crippen molar-refractivity contribution in [3.63, 3.8) is 0 Å². The summed E-state index contributed by atoms with van der Waals surface area (Å²) in [6.45, 7) is 7.89. The number of benzene rings is 3. The summed E-state index contributed by atoms with van der Waals surface area (Å²) in [4.78, 5) is 111. The van der Waals surface area contributed by atoms with E-state index in [0.29, 0.717) is 70.7 Å². The van der Waals surface area contributed by atoms with E-state index in [2.05, 4.69) is 46.9 Å². The Balaban J connectivity index is 0.805. The topological polar surface area (TPSA) is 344 Å². The summed E-state index contributed by atoms with van der Waals surface area (Å²) in [5, 5.41) is 16.5. The number of hydrogen-bond donors (Lipinski definition) is 8. The highest BCUT2D eigenvalue weighted by Crippen LogP contribution is 2.32. The van der Waals surface area contributed by atoms with Gasteiger partial charge in [-0.2, -0.15) is 0 Å². The number of aromatic amines is 1. The van der Waals surface area contributed by atoms with Crippen LogP contribution in [0.2, 0.25) is 0 Å². The molecule has 3 aromatic carbocycles. The van der Waals surface area contributed by atoms with E-state index < -0.39 is 41.9 Å². The van der Waals surface area contributed by atoms with Crippen molar-refractivity contribution >= 4 is 64.1 Å². The smallest absolute Gasteiger partial charge is 0.407 e. The van der Waals surface area contributed by atoms with Gasteiger partial charge in [0.15, 0.2) is 0 Å². The number of halogens is 1. The van der Waals surface area contributed by atoms with Crippen LogP contribution in [0, 0.1) is 18.7 Å². The number of pyridine rings is 1. The first-order valence-electron chi connectivity index (χ1n) is 28.3. The molecule has 87 heavy (non-hydrogen) atoms. The Morgan fingerprint density at radius 3 is 2.15 bits per heavy atom. The molecule has 0 radical (unpaired) electrons. The summed E-state index contributed by atoms with van der Waals surface area (Å²) in [6.07, 6.45) is 3.58. The quantitative estimate of drug-likeness (QED) is 0.0193. The van der Waals surface area contributed by atoms with Crippen LogP contribution < -0.4 is 42.4 Å². The Morgan fingerprint density at radius 2 is 1.45 bits per heavy atom. The molecule has 4 heterocycles. The fourth-order valence-electron chi connectivity index (χ4n) is 8.56. The molecular weight excluding hydrogens is 1130 g/mol. The molecule has 0 fully saturated rings. The van der Waals surface area contributed by atoms with Crippen molar-refractivity contribution in [3.8, 4) is 28.5 Å². The lowest BCUT2D eigenvalue weighted by atomic mass is 10.0. The molecule has 0 bridgehead atoms. The zero-order chi connectivity index (χ0) is 61.9. The average Bonchev–Trinajstić information content (AvgIpc) is 2.16. The normalized spacial score (nSPS) is 12.7. The van der Waals surface area contributed by atoms with Crippen LogP contribution in [0.1, 0.15) is 50.2 Å². The Kier molecular flexibility index (Phi) is 25.4. The number of imidazole rings is 1. The van der Waals surface area contributed by atoms with Crippen LogP contribution in [0.25, 0.3) is 33.7 Å². The Hall–Kier alpha value is -9.44. The maximum atomic E-state index is 14.4. The third-order valence-corrected chi connectivity index (χ3v) is 13.0. The van der Waals surface area contributed by atoms with Crippen LogP contribution in [0.15, 0.2) is 103 Å². The van der Waals surface area contributed by atoms with E-state index in [-0.39, 0.29) is 121 Å². The SMILES string of the molecule is Cc1cccc(-c2nc(CNc3ccccc3F)[nH]c2-c2ccc3ncc(OCCNC(=O)OCc4ccc(NC(=O)C(CCCNC(N)=O)NC(=O)C(NC(=O)CCOCCOCCOCCOCCN5C(=O)C=CC5=O)C(C)C)cc4)nc3c2)n1. The molecule has 9 N–H and O–H groups in total. The van der Waals surface area contributed by atoms with Gasteiger partial charge in [-0.1, -0.05) is 50.2 Å². The number of H-pyrrole nitrogens is 1. The number of primary amides is 1. The minimum Gasteiger partial charge on any atom is -0.475 e. The highest BCUT2D eigenvalue weighted by Gasteiger charge is 2.29.